The zero-order valence-corrected chi connectivity index (χ0v) is 10.1. The number of nitrogens with one attached hydrogen (secondary N) is 1. The Balaban J connectivity index is 2.59. The van der Waals surface area contributed by atoms with Gasteiger partial charge in [-0.1, -0.05) is 18.3 Å². The molecular weight excluding hydrogens is 212 g/mol. The molecule has 0 aliphatic carbocycles. The largest absolute Gasteiger partial charge is 0.462 e. The highest BCUT2D eigenvalue weighted by atomic mass is 32.1. The van der Waals surface area contributed by atoms with Crippen molar-refractivity contribution in [3.8, 4) is 0 Å². The second kappa shape index (κ2) is 5.70. The molecule has 1 rings (SSSR count). The number of hydrogen-bond acceptors (Lipinski definition) is 5. The molecule has 1 aromatic heterocycles. The maximum atomic E-state index is 11.3. The molecule has 0 saturated carbocycles. The van der Waals surface area contributed by atoms with Gasteiger partial charge in [0.25, 0.3) is 0 Å². The summed E-state index contributed by atoms with van der Waals surface area (Å²) in [4.78, 5) is 16.0. The third-order valence-electron chi connectivity index (χ3n) is 1.96. The van der Waals surface area contributed by atoms with E-state index in [9.17, 15) is 4.79 Å². The minimum atomic E-state index is -0.299. The molecular formula is C10H16N2O2S. The number of anilines is 1. The van der Waals surface area contributed by atoms with E-state index in [1.807, 2.05) is 0 Å². The third kappa shape index (κ3) is 3.51. The molecule has 0 spiro atoms. The first-order valence-electron chi connectivity index (χ1n) is 5.06. The molecule has 1 heterocycles. The summed E-state index contributed by atoms with van der Waals surface area (Å²) in [5, 5.41) is 3.98. The fourth-order valence-electron chi connectivity index (χ4n) is 0.950. The minimum Gasteiger partial charge on any atom is -0.462 e. The minimum absolute atomic E-state index is 0.299. The van der Waals surface area contributed by atoms with Crippen LogP contribution in [0.25, 0.3) is 0 Å². The van der Waals surface area contributed by atoms with Gasteiger partial charge in [0.2, 0.25) is 0 Å². The smallest absolute Gasteiger partial charge is 0.350 e. The predicted molar refractivity (Wildman–Crippen MR) is 61.4 cm³/mol. The van der Waals surface area contributed by atoms with E-state index < -0.39 is 0 Å². The van der Waals surface area contributed by atoms with Gasteiger partial charge in [-0.3, -0.25) is 0 Å². The maximum absolute atomic E-state index is 11.3. The third-order valence-corrected chi connectivity index (χ3v) is 2.87. The second-order valence-corrected chi connectivity index (χ2v) is 4.23. The van der Waals surface area contributed by atoms with Crippen LogP contribution in [0.5, 0.6) is 0 Å². The van der Waals surface area contributed by atoms with E-state index in [1.54, 1.807) is 13.1 Å². The Kier molecular flexibility index (Phi) is 4.55. The molecule has 0 aliphatic rings. The molecule has 1 N–H and O–H groups in total. The van der Waals surface area contributed by atoms with Gasteiger partial charge in [0.15, 0.2) is 5.13 Å². The van der Waals surface area contributed by atoms with Crippen LogP contribution >= 0.6 is 11.3 Å². The van der Waals surface area contributed by atoms with Gasteiger partial charge in [-0.2, -0.15) is 0 Å². The first kappa shape index (κ1) is 12.0. The molecule has 1 aromatic rings. The zero-order valence-electron chi connectivity index (χ0n) is 9.24. The molecule has 1 unspecified atom stereocenters. The van der Waals surface area contributed by atoms with Gasteiger partial charge < -0.3 is 10.1 Å². The fraction of sp³-hybridized carbons (Fsp3) is 0.600. The van der Waals surface area contributed by atoms with Gasteiger partial charge in [0, 0.05) is 6.04 Å². The van der Waals surface area contributed by atoms with Crippen molar-refractivity contribution >= 4 is 22.4 Å². The molecule has 0 fully saturated rings. The molecule has 84 valence electrons. The van der Waals surface area contributed by atoms with Crippen molar-refractivity contribution in [2.75, 3.05) is 11.9 Å². The molecule has 4 nitrogen and oxygen atoms in total. The van der Waals surface area contributed by atoms with Crippen molar-refractivity contribution < 1.29 is 9.53 Å². The fourth-order valence-corrected chi connectivity index (χ4v) is 1.77. The van der Waals surface area contributed by atoms with Crippen molar-refractivity contribution in [1.29, 1.82) is 0 Å². The van der Waals surface area contributed by atoms with E-state index in [0.717, 1.165) is 11.6 Å². The van der Waals surface area contributed by atoms with Crippen LogP contribution in [-0.4, -0.2) is 23.6 Å². The Morgan fingerprint density at radius 1 is 1.67 bits per heavy atom. The molecule has 0 amide bonds. The number of rotatable bonds is 5. The van der Waals surface area contributed by atoms with Gasteiger partial charge in [0.05, 0.1) is 12.8 Å². The summed E-state index contributed by atoms with van der Waals surface area (Å²) in [6.07, 6.45) is 2.57. The molecule has 1 atom stereocenters. The predicted octanol–water partition coefficient (Wildman–Crippen LogP) is 2.53. The average Bonchev–Trinajstić information content (AvgIpc) is 2.66. The lowest BCUT2D eigenvalue weighted by atomic mass is 10.3. The number of esters is 1. The summed E-state index contributed by atoms with van der Waals surface area (Å²) >= 11 is 1.33. The highest BCUT2D eigenvalue weighted by Gasteiger charge is 2.11. The highest BCUT2D eigenvalue weighted by Crippen LogP contribution is 2.19. The van der Waals surface area contributed by atoms with Crippen LogP contribution in [0.2, 0.25) is 0 Å². The van der Waals surface area contributed by atoms with Crippen LogP contribution in [0.1, 0.15) is 36.9 Å². The number of carbonyl (C=O) groups is 1. The van der Waals surface area contributed by atoms with Crippen LogP contribution in [0.15, 0.2) is 6.20 Å². The maximum Gasteiger partial charge on any atom is 0.350 e. The summed E-state index contributed by atoms with van der Waals surface area (Å²) in [5.74, 6) is -0.299. The van der Waals surface area contributed by atoms with Crippen LogP contribution in [0.4, 0.5) is 5.13 Å². The van der Waals surface area contributed by atoms with Crippen molar-refractivity contribution in [3.63, 3.8) is 0 Å². The van der Waals surface area contributed by atoms with E-state index in [1.165, 1.54) is 11.3 Å². The molecule has 0 bridgehead atoms. The first-order valence-corrected chi connectivity index (χ1v) is 5.88. The summed E-state index contributed by atoms with van der Waals surface area (Å²) in [6, 6.07) is 0.367. The Hall–Kier alpha value is -1.10. The number of thiazole rings is 1. The molecule has 0 radical (unpaired) electrons. The highest BCUT2D eigenvalue weighted by molar-refractivity contribution is 7.17. The SMILES string of the molecule is CCOC(=O)c1cnc(NC(C)CC)s1. The number of aromatic nitrogens is 1. The van der Waals surface area contributed by atoms with Crippen molar-refractivity contribution in [2.45, 2.75) is 33.2 Å². The summed E-state index contributed by atoms with van der Waals surface area (Å²) in [7, 11) is 0. The monoisotopic (exact) mass is 228 g/mol. The summed E-state index contributed by atoms with van der Waals surface area (Å²) < 4.78 is 4.88. The molecule has 0 saturated heterocycles. The lowest BCUT2D eigenvalue weighted by Gasteiger charge is -2.08. The quantitative estimate of drug-likeness (QED) is 0.787. The van der Waals surface area contributed by atoms with Gasteiger partial charge in [-0.05, 0) is 20.3 Å². The van der Waals surface area contributed by atoms with E-state index in [4.69, 9.17) is 4.74 Å². The lowest BCUT2D eigenvalue weighted by Crippen LogP contribution is -2.12. The number of hydrogen-bond donors (Lipinski definition) is 1. The van der Waals surface area contributed by atoms with Gasteiger partial charge >= 0.3 is 5.97 Å². The Labute approximate surface area is 93.7 Å². The van der Waals surface area contributed by atoms with Crippen LogP contribution in [0.3, 0.4) is 0 Å². The summed E-state index contributed by atoms with van der Waals surface area (Å²) in [6.45, 7) is 6.35. The van der Waals surface area contributed by atoms with E-state index in [2.05, 4.69) is 24.1 Å². The van der Waals surface area contributed by atoms with E-state index in [0.29, 0.717) is 17.5 Å². The average molecular weight is 228 g/mol. The van der Waals surface area contributed by atoms with E-state index in [-0.39, 0.29) is 5.97 Å². The zero-order chi connectivity index (χ0) is 11.3. The van der Waals surface area contributed by atoms with Crippen molar-refractivity contribution in [1.82, 2.24) is 4.98 Å². The molecule has 0 aromatic carbocycles. The normalized spacial score (nSPS) is 12.2. The number of ether oxygens (including phenoxy) is 1. The van der Waals surface area contributed by atoms with Crippen molar-refractivity contribution in [2.24, 2.45) is 0 Å². The molecule has 5 heteroatoms. The topological polar surface area (TPSA) is 51.2 Å². The Bertz CT molecular complexity index is 325. The Morgan fingerprint density at radius 3 is 3.00 bits per heavy atom. The molecule has 0 aliphatic heterocycles. The van der Waals surface area contributed by atoms with Crippen LogP contribution in [0, 0.1) is 0 Å². The summed E-state index contributed by atoms with van der Waals surface area (Å²) in [5.41, 5.74) is 0. The Morgan fingerprint density at radius 2 is 2.40 bits per heavy atom. The van der Waals surface area contributed by atoms with Crippen LogP contribution in [-0.2, 0) is 4.74 Å². The number of carbonyl (C=O) groups excluding carboxylic acids is 1. The van der Waals surface area contributed by atoms with E-state index >= 15 is 0 Å². The number of nitrogens with zero attached hydrogens (tertiary/aromatic N) is 1. The van der Waals surface area contributed by atoms with Gasteiger partial charge in [0.1, 0.15) is 4.88 Å². The first-order chi connectivity index (χ1) is 7.17. The lowest BCUT2D eigenvalue weighted by molar-refractivity contribution is 0.0532. The molecule has 15 heavy (non-hydrogen) atoms. The van der Waals surface area contributed by atoms with Gasteiger partial charge in [-0.25, -0.2) is 9.78 Å². The van der Waals surface area contributed by atoms with Crippen molar-refractivity contribution in [3.05, 3.63) is 11.1 Å². The standard InChI is InChI=1S/C10H16N2O2S/c1-4-7(3)12-10-11-6-8(15-10)9(13)14-5-2/h6-7H,4-5H2,1-3H3,(H,11,12). The van der Waals surface area contributed by atoms with Gasteiger partial charge in [-0.15, -0.1) is 0 Å². The van der Waals surface area contributed by atoms with Crippen LogP contribution < -0.4 is 5.32 Å². The second-order valence-electron chi connectivity index (χ2n) is 3.20.